The van der Waals surface area contributed by atoms with Gasteiger partial charge in [0.1, 0.15) is 17.3 Å². The fourth-order valence-electron chi connectivity index (χ4n) is 1.71. The molecule has 22 heavy (non-hydrogen) atoms. The van der Waals surface area contributed by atoms with E-state index in [0.29, 0.717) is 12.4 Å². The lowest BCUT2D eigenvalue weighted by Gasteiger charge is -2.04. The summed E-state index contributed by atoms with van der Waals surface area (Å²) in [6.07, 6.45) is 3.93. The summed E-state index contributed by atoms with van der Waals surface area (Å²) in [6, 6.07) is 12.7. The van der Waals surface area contributed by atoms with Crippen LogP contribution in [0, 0.1) is 5.82 Å². The molecule has 2 aromatic carbocycles. The van der Waals surface area contributed by atoms with Crippen LogP contribution in [0.5, 0.6) is 11.5 Å². The van der Waals surface area contributed by atoms with E-state index in [1.807, 2.05) is 31.2 Å². The van der Waals surface area contributed by atoms with Gasteiger partial charge < -0.3 is 9.47 Å². The smallest absolute Gasteiger partial charge is 0.336 e. The third-order valence-electron chi connectivity index (χ3n) is 2.80. The monoisotopic (exact) mass is 300 g/mol. The second-order valence-electron chi connectivity index (χ2n) is 4.63. The Labute approximate surface area is 129 Å². The molecule has 0 atom stereocenters. The molecule has 0 aliphatic heterocycles. The molecule has 0 saturated heterocycles. The molecule has 0 unspecified atom stereocenters. The molecule has 4 heteroatoms. The van der Waals surface area contributed by atoms with Gasteiger partial charge in [0.2, 0.25) is 0 Å². The van der Waals surface area contributed by atoms with Gasteiger partial charge >= 0.3 is 5.97 Å². The summed E-state index contributed by atoms with van der Waals surface area (Å²) < 4.78 is 23.3. The highest BCUT2D eigenvalue weighted by molar-refractivity contribution is 5.88. The van der Waals surface area contributed by atoms with E-state index in [2.05, 4.69) is 0 Å². The number of halogens is 1. The van der Waals surface area contributed by atoms with Gasteiger partial charge in [0.05, 0.1) is 6.61 Å². The zero-order valence-corrected chi connectivity index (χ0v) is 12.3. The average molecular weight is 300 g/mol. The Kier molecular flexibility index (Phi) is 5.72. The topological polar surface area (TPSA) is 35.5 Å². The zero-order valence-electron chi connectivity index (χ0n) is 12.3. The lowest BCUT2D eigenvalue weighted by atomic mass is 10.2. The van der Waals surface area contributed by atoms with E-state index in [0.717, 1.165) is 17.7 Å². The predicted molar refractivity (Wildman–Crippen MR) is 83.3 cm³/mol. The van der Waals surface area contributed by atoms with Crippen molar-refractivity contribution >= 4 is 12.0 Å². The van der Waals surface area contributed by atoms with E-state index < -0.39 is 5.97 Å². The van der Waals surface area contributed by atoms with E-state index in [-0.39, 0.29) is 5.82 Å². The lowest BCUT2D eigenvalue weighted by Crippen LogP contribution is -2.03. The van der Waals surface area contributed by atoms with Crippen LogP contribution >= 0.6 is 0 Å². The molecule has 0 spiro atoms. The summed E-state index contributed by atoms with van der Waals surface area (Å²) in [6.45, 7) is 2.73. The van der Waals surface area contributed by atoms with Gasteiger partial charge in [0, 0.05) is 6.08 Å². The second kappa shape index (κ2) is 7.98. The molecule has 0 bridgehead atoms. The average Bonchev–Trinajstić information content (AvgIpc) is 2.54. The predicted octanol–water partition coefficient (Wildman–Crippen LogP) is 4.23. The summed E-state index contributed by atoms with van der Waals surface area (Å²) in [5.41, 5.74) is 0.861. The fraction of sp³-hybridized carbons (Fsp3) is 0.167. The molecule has 0 aliphatic carbocycles. The van der Waals surface area contributed by atoms with Crippen molar-refractivity contribution in [3.8, 4) is 11.5 Å². The molecule has 0 saturated carbocycles. The summed E-state index contributed by atoms with van der Waals surface area (Å²) in [5, 5.41) is 0. The molecular formula is C18H17FO3. The Morgan fingerprint density at radius 2 is 1.68 bits per heavy atom. The van der Waals surface area contributed by atoms with Crippen molar-refractivity contribution in [2.45, 2.75) is 13.3 Å². The van der Waals surface area contributed by atoms with Crippen molar-refractivity contribution < 1.29 is 18.7 Å². The van der Waals surface area contributed by atoms with Gasteiger partial charge in [-0.15, -0.1) is 0 Å². The Hall–Kier alpha value is -2.62. The van der Waals surface area contributed by atoms with Gasteiger partial charge in [-0.3, -0.25) is 0 Å². The number of ether oxygens (including phenoxy) is 2. The molecule has 0 heterocycles. The first kappa shape index (κ1) is 15.8. The Bertz CT molecular complexity index is 630. The quantitative estimate of drug-likeness (QED) is 0.455. The van der Waals surface area contributed by atoms with Crippen LogP contribution in [-0.2, 0) is 4.79 Å². The first-order valence-corrected chi connectivity index (χ1v) is 7.05. The van der Waals surface area contributed by atoms with Crippen molar-refractivity contribution in [2.75, 3.05) is 6.61 Å². The molecule has 0 aliphatic rings. The van der Waals surface area contributed by atoms with Gasteiger partial charge in [-0.25, -0.2) is 9.18 Å². The highest BCUT2D eigenvalue weighted by Crippen LogP contribution is 2.14. The van der Waals surface area contributed by atoms with Gasteiger partial charge in [-0.1, -0.05) is 19.1 Å². The second-order valence-corrected chi connectivity index (χ2v) is 4.63. The fourth-order valence-corrected chi connectivity index (χ4v) is 1.71. The SMILES string of the molecule is CCCOc1ccc(/C=C/C(=O)Oc2ccc(F)cc2)cc1. The molecular weight excluding hydrogens is 283 g/mol. The first-order valence-electron chi connectivity index (χ1n) is 7.05. The minimum absolute atomic E-state index is 0.305. The van der Waals surface area contributed by atoms with Crippen LogP contribution in [0.15, 0.2) is 54.6 Å². The number of benzene rings is 2. The number of carbonyl (C=O) groups excluding carboxylic acids is 1. The molecule has 0 N–H and O–H groups in total. The maximum atomic E-state index is 12.7. The van der Waals surface area contributed by atoms with Crippen LogP contribution in [0.4, 0.5) is 4.39 Å². The summed E-state index contributed by atoms with van der Waals surface area (Å²) in [5.74, 6) is 0.214. The number of esters is 1. The summed E-state index contributed by atoms with van der Waals surface area (Å²) in [4.78, 5) is 11.7. The number of hydrogen-bond acceptors (Lipinski definition) is 3. The van der Waals surface area contributed by atoms with Gasteiger partial charge in [-0.2, -0.15) is 0 Å². The molecule has 3 nitrogen and oxygen atoms in total. The number of rotatable bonds is 6. The van der Waals surface area contributed by atoms with Gasteiger partial charge in [0.15, 0.2) is 0 Å². The van der Waals surface area contributed by atoms with Crippen molar-refractivity contribution in [2.24, 2.45) is 0 Å². The number of carbonyl (C=O) groups is 1. The Balaban J connectivity index is 1.90. The minimum atomic E-state index is -0.516. The standard InChI is InChI=1S/C18H17FO3/c1-2-13-21-16-8-3-14(4-9-16)5-12-18(20)22-17-10-6-15(19)7-11-17/h3-12H,2,13H2,1H3/b12-5+. The number of hydrogen-bond donors (Lipinski definition) is 0. The Morgan fingerprint density at radius 1 is 1.05 bits per heavy atom. The normalized spacial score (nSPS) is 10.6. The van der Waals surface area contributed by atoms with Crippen LogP contribution in [0.25, 0.3) is 6.08 Å². The van der Waals surface area contributed by atoms with Crippen molar-refractivity contribution in [1.29, 1.82) is 0 Å². The zero-order chi connectivity index (χ0) is 15.8. The van der Waals surface area contributed by atoms with E-state index in [4.69, 9.17) is 9.47 Å². The largest absolute Gasteiger partial charge is 0.494 e. The van der Waals surface area contributed by atoms with E-state index in [9.17, 15) is 9.18 Å². The minimum Gasteiger partial charge on any atom is -0.494 e. The van der Waals surface area contributed by atoms with E-state index >= 15 is 0 Å². The van der Waals surface area contributed by atoms with Gasteiger partial charge in [0.25, 0.3) is 0 Å². The maximum Gasteiger partial charge on any atom is 0.336 e. The van der Waals surface area contributed by atoms with E-state index in [1.54, 1.807) is 6.08 Å². The lowest BCUT2D eigenvalue weighted by molar-refractivity contribution is -0.128. The third-order valence-corrected chi connectivity index (χ3v) is 2.80. The van der Waals surface area contributed by atoms with Crippen LogP contribution in [0.1, 0.15) is 18.9 Å². The third kappa shape index (κ3) is 5.05. The molecule has 0 amide bonds. The van der Waals surface area contributed by atoms with Crippen molar-refractivity contribution in [1.82, 2.24) is 0 Å². The van der Waals surface area contributed by atoms with Crippen LogP contribution in [-0.4, -0.2) is 12.6 Å². The van der Waals surface area contributed by atoms with Crippen molar-refractivity contribution in [3.05, 3.63) is 66.0 Å². The highest BCUT2D eigenvalue weighted by atomic mass is 19.1. The van der Waals surface area contributed by atoms with Gasteiger partial charge in [-0.05, 0) is 54.5 Å². The molecule has 0 radical (unpaired) electrons. The molecule has 2 rings (SSSR count). The summed E-state index contributed by atoms with van der Waals surface area (Å²) in [7, 11) is 0. The van der Waals surface area contributed by atoms with E-state index in [1.165, 1.54) is 30.3 Å². The van der Waals surface area contributed by atoms with Crippen LogP contribution in [0.2, 0.25) is 0 Å². The summed E-state index contributed by atoms with van der Waals surface area (Å²) >= 11 is 0. The first-order chi connectivity index (χ1) is 10.7. The molecule has 2 aromatic rings. The highest BCUT2D eigenvalue weighted by Gasteiger charge is 2.01. The molecule has 114 valence electrons. The molecule has 0 fully saturated rings. The maximum absolute atomic E-state index is 12.7. The van der Waals surface area contributed by atoms with Crippen LogP contribution < -0.4 is 9.47 Å². The van der Waals surface area contributed by atoms with Crippen LogP contribution in [0.3, 0.4) is 0 Å². The Morgan fingerprint density at radius 3 is 2.32 bits per heavy atom. The van der Waals surface area contributed by atoms with Crippen molar-refractivity contribution in [3.63, 3.8) is 0 Å². The molecule has 0 aromatic heterocycles.